The first-order valence-corrected chi connectivity index (χ1v) is 8.52. The van der Waals surface area contributed by atoms with Crippen molar-refractivity contribution in [2.75, 3.05) is 25.0 Å². The van der Waals surface area contributed by atoms with Gasteiger partial charge in [-0.25, -0.2) is 9.78 Å². The molecule has 0 aliphatic heterocycles. The number of anilines is 1. The van der Waals surface area contributed by atoms with Crippen molar-refractivity contribution in [1.29, 1.82) is 0 Å². The van der Waals surface area contributed by atoms with E-state index in [1.54, 1.807) is 0 Å². The predicted molar refractivity (Wildman–Crippen MR) is 94.3 cm³/mol. The molecule has 2 aromatic rings. The second-order valence-electron chi connectivity index (χ2n) is 5.91. The zero-order chi connectivity index (χ0) is 21.5. The van der Waals surface area contributed by atoms with Crippen LogP contribution in [0.3, 0.4) is 0 Å². The van der Waals surface area contributed by atoms with Crippen LogP contribution in [0.5, 0.6) is 0 Å². The Kier molecular flexibility index (Phi) is 7.29. The lowest BCUT2D eigenvalue weighted by molar-refractivity contribution is -0.138. The molecular formula is C18H18F6N4O. The average molecular weight is 420 g/mol. The van der Waals surface area contributed by atoms with E-state index in [1.807, 2.05) is 0 Å². The van der Waals surface area contributed by atoms with Gasteiger partial charge in [-0.1, -0.05) is 18.2 Å². The summed E-state index contributed by atoms with van der Waals surface area (Å²) in [5, 5.41) is 7.28. The summed E-state index contributed by atoms with van der Waals surface area (Å²) < 4.78 is 77.2. The van der Waals surface area contributed by atoms with Crippen molar-refractivity contribution in [3.8, 4) is 0 Å². The average Bonchev–Trinajstić information content (AvgIpc) is 2.64. The van der Waals surface area contributed by atoms with Crippen molar-refractivity contribution >= 4 is 11.8 Å². The van der Waals surface area contributed by atoms with Gasteiger partial charge in [-0.2, -0.15) is 26.3 Å². The van der Waals surface area contributed by atoms with Crippen LogP contribution in [0.4, 0.5) is 37.0 Å². The van der Waals surface area contributed by atoms with Gasteiger partial charge in [0, 0.05) is 25.8 Å². The van der Waals surface area contributed by atoms with E-state index < -0.39 is 29.5 Å². The summed E-state index contributed by atoms with van der Waals surface area (Å²) in [4.78, 5) is 15.3. The van der Waals surface area contributed by atoms with Gasteiger partial charge in [0.25, 0.3) is 0 Å². The van der Waals surface area contributed by atoms with Gasteiger partial charge in [-0.15, -0.1) is 0 Å². The van der Waals surface area contributed by atoms with Crippen molar-refractivity contribution in [3.63, 3.8) is 0 Å². The van der Waals surface area contributed by atoms with Crippen LogP contribution in [0, 0.1) is 0 Å². The van der Waals surface area contributed by atoms with Crippen molar-refractivity contribution in [2.45, 2.75) is 18.8 Å². The number of aromatic nitrogens is 1. The van der Waals surface area contributed by atoms with Crippen LogP contribution >= 0.6 is 0 Å². The van der Waals surface area contributed by atoms with Crippen LogP contribution in [-0.2, 0) is 18.8 Å². The largest absolute Gasteiger partial charge is 0.419 e. The maximum Gasteiger partial charge on any atom is 0.419 e. The third-order valence-corrected chi connectivity index (χ3v) is 3.82. The topological polar surface area (TPSA) is 66.0 Å². The van der Waals surface area contributed by atoms with E-state index in [1.165, 1.54) is 24.4 Å². The Labute approximate surface area is 162 Å². The Hall–Kier alpha value is -2.98. The van der Waals surface area contributed by atoms with Crippen LogP contribution in [0.25, 0.3) is 0 Å². The van der Waals surface area contributed by atoms with Crippen molar-refractivity contribution < 1.29 is 31.1 Å². The lowest BCUT2D eigenvalue weighted by Gasteiger charge is -2.14. The summed E-state index contributed by atoms with van der Waals surface area (Å²) in [6.07, 6.45) is -7.86. The Bertz CT molecular complexity index is 822. The monoisotopic (exact) mass is 420 g/mol. The molecule has 0 saturated heterocycles. The smallest absolute Gasteiger partial charge is 0.368 e. The number of rotatable bonds is 7. The van der Waals surface area contributed by atoms with E-state index in [9.17, 15) is 31.1 Å². The maximum absolute atomic E-state index is 12.9. The standard InChI is InChI=1S/C18H18F6N4O/c19-17(20,21)13-5-2-1-4-12(13)7-9-27-16(29)28-11-10-26-15-14(18(22,23)24)6-3-8-25-15/h1-6,8H,7,9-11H2,(H,25,26)(H2,27,28,29). The molecule has 0 fully saturated rings. The fourth-order valence-electron chi connectivity index (χ4n) is 2.52. The minimum Gasteiger partial charge on any atom is -0.368 e. The van der Waals surface area contributed by atoms with Crippen LogP contribution in [0.1, 0.15) is 16.7 Å². The van der Waals surface area contributed by atoms with E-state index in [0.717, 1.165) is 18.2 Å². The van der Waals surface area contributed by atoms with Gasteiger partial charge in [-0.05, 0) is 30.2 Å². The van der Waals surface area contributed by atoms with E-state index >= 15 is 0 Å². The second kappa shape index (κ2) is 9.48. The molecular weight excluding hydrogens is 402 g/mol. The highest BCUT2D eigenvalue weighted by Gasteiger charge is 2.34. The minimum atomic E-state index is -4.56. The number of hydrogen-bond donors (Lipinski definition) is 3. The number of amides is 2. The quantitative estimate of drug-likeness (QED) is 0.467. The zero-order valence-corrected chi connectivity index (χ0v) is 15.0. The van der Waals surface area contributed by atoms with Gasteiger partial charge in [-0.3, -0.25) is 0 Å². The van der Waals surface area contributed by atoms with Crippen molar-refractivity contribution in [1.82, 2.24) is 15.6 Å². The molecule has 1 heterocycles. The summed E-state index contributed by atoms with van der Waals surface area (Å²) in [6.45, 7) is -0.0753. The van der Waals surface area contributed by atoms with Crippen molar-refractivity contribution in [3.05, 3.63) is 59.3 Å². The minimum absolute atomic E-state index is 0.0150. The number of carbonyl (C=O) groups excluding carboxylic acids is 1. The third kappa shape index (κ3) is 6.84. The Morgan fingerprint density at radius 3 is 2.14 bits per heavy atom. The molecule has 0 bridgehead atoms. The molecule has 158 valence electrons. The first-order chi connectivity index (χ1) is 13.6. The first-order valence-electron chi connectivity index (χ1n) is 8.52. The number of halogens is 6. The van der Waals surface area contributed by atoms with Crippen LogP contribution in [0.2, 0.25) is 0 Å². The molecule has 2 rings (SSSR count). The Balaban J connectivity index is 1.74. The first kappa shape index (κ1) is 22.3. The number of urea groups is 1. The SMILES string of the molecule is O=C(NCCNc1ncccc1C(F)(F)F)NCCc1ccccc1C(F)(F)F. The van der Waals surface area contributed by atoms with E-state index in [-0.39, 0.29) is 37.4 Å². The van der Waals surface area contributed by atoms with Crippen LogP contribution in [0.15, 0.2) is 42.6 Å². The lowest BCUT2D eigenvalue weighted by Crippen LogP contribution is -2.39. The summed E-state index contributed by atoms with van der Waals surface area (Å²) in [5.74, 6) is -0.356. The van der Waals surface area contributed by atoms with E-state index in [4.69, 9.17) is 0 Å². The fraction of sp³-hybridized carbons (Fsp3) is 0.333. The molecule has 0 radical (unpaired) electrons. The molecule has 0 spiro atoms. The summed E-state index contributed by atoms with van der Waals surface area (Å²) in [6, 6.07) is 6.46. The molecule has 0 saturated carbocycles. The number of nitrogens with zero attached hydrogens (tertiary/aromatic N) is 1. The highest BCUT2D eigenvalue weighted by molar-refractivity contribution is 5.73. The number of nitrogens with one attached hydrogen (secondary N) is 3. The van der Waals surface area contributed by atoms with E-state index in [2.05, 4.69) is 20.9 Å². The van der Waals surface area contributed by atoms with E-state index in [0.29, 0.717) is 0 Å². The summed E-state index contributed by atoms with van der Waals surface area (Å²) in [5.41, 5.74) is -1.63. The highest BCUT2D eigenvalue weighted by Crippen LogP contribution is 2.33. The Morgan fingerprint density at radius 2 is 1.45 bits per heavy atom. The lowest BCUT2D eigenvalue weighted by atomic mass is 10.0. The fourth-order valence-corrected chi connectivity index (χ4v) is 2.52. The molecule has 1 aromatic heterocycles. The van der Waals surface area contributed by atoms with Crippen LogP contribution < -0.4 is 16.0 Å². The molecule has 11 heteroatoms. The third-order valence-electron chi connectivity index (χ3n) is 3.82. The summed E-state index contributed by atoms with van der Waals surface area (Å²) >= 11 is 0. The van der Waals surface area contributed by atoms with Gasteiger partial charge in [0.05, 0.1) is 11.1 Å². The Morgan fingerprint density at radius 1 is 0.828 bits per heavy atom. The molecule has 29 heavy (non-hydrogen) atoms. The number of benzene rings is 1. The van der Waals surface area contributed by atoms with Gasteiger partial charge < -0.3 is 16.0 Å². The molecule has 0 aliphatic carbocycles. The molecule has 0 unspecified atom stereocenters. The predicted octanol–water partition coefficient (Wildman–Crippen LogP) is 4.07. The number of hydrogen-bond acceptors (Lipinski definition) is 3. The van der Waals surface area contributed by atoms with Gasteiger partial charge in [0.15, 0.2) is 0 Å². The van der Waals surface area contributed by atoms with Gasteiger partial charge >= 0.3 is 18.4 Å². The maximum atomic E-state index is 12.9. The number of carbonyl (C=O) groups is 1. The second-order valence-corrected chi connectivity index (χ2v) is 5.91. The molecule has 3 N–H and O–H groups in total. The molecule has 5 nitrogen and oxygen atoms in total. The zero-order valence-electron chi connectivity index (χ0n) is 15.0. The summed E-state index contributed by atoms with van der Waals surface area (Å²) in [7, 11) is 0. The molecule has 1 aromatic carbocycles. The molecule has 0 aliphatic rings. The van der Waals surface area contributed by atoms with Gasteiger partial charge in [0.1, 0.15) is 5.82 Å². The number of pyridine rings is 1. The molecule has 2 amide bonds. The highest BCUT2D eigenvalue weighted by atomic mass is 19.4. The van der Waals surface area contributed by atoms with Crippen LogP contribution in [-0.4, -0.2) is 30.6 Å². The normalized spacial score (nSPS) is 11.8. The molecule has 0 atom stereocenters. The van der Waals surface area contributed by atoms with Gasteiger partial charge in [0.2, 0.25) is 0 Å². The number of alkyl halides is 6. The van der Waals surface area contributed by atoms with Crippen molar-refractivity contribution in [2.24, 2.45) is 0 Å².